The van der Waals surface area contributed by atoms with Crippen molar-refractivity contribution in [1.82, 2.24) is 0 Å². The maximum Gasteiger partial charge on any atom is 0.241 e. The summed E-state index contributed by atoms with van der Waals surface area (Å²) in [6.45, 7) is 3.64. The van der Waals surface area contributed by atoms with Crippen molar-refractivity contribution in [1.29, 1.82) is 0 Å². The van der Waals surface area contributed by atoms with Crippen LogP contribution in [-0.2, 0) is 0 Å². The normalized spacial score (nSPS) is 26.5. The molecule has 0 heterocycles. The van der Waals surface area contributed by atoms with Gasteiger partial charge in [-0.25, -0.2) is 0 Å². The van der Waals surface area contributed by atoms with Crippen molar-refractivity contribution in [3.05, 3.63) is 34.0 Å². The Morgan fingerprint density at radius 1 is 1.67 bits per heavy atom. The van der Waals surface area contributed by atoms with E-state index in [1.165, 1.54) is 6.08 Å². The molecule has 0 aromatic carbocycles. The van der Waals surface area contributed by atoms with Gasteiger partial charge in [0.15, 0.2) is 0 Å². The Bertz CT molecular complexity index is 266. The summed E-state index contributed by atoms with van der Waals surface area (Å²) < 4.78 is 0. The minimum Gasteiger partial charge on any atom is -0.399 e. The van der Waals surface area contributed by atoms with Gasteiger partial charge in [0.1, 0.15) is 0 Å². The molecule has 0 fully saturated rings. The van der Waals surface area contributed by atoms with Crippen LogP contribution < -0.4 is 5.73 Å². The van der Waals surface area contributed by atoms with Crippen LogP contribution in [0.5, 0.6) is 0 Å². The van der Waals surface area contributed by atoms with Crippen LogP contribution in [0.3, 0.4) is 0 Å². The predicted molar refractivity (Wildman–Crippen MR) is 46.0 cm³/mol. The van der Waals surface area contributed by atoms with Crippen LogP contribution >= 0.6 is 0 Å². The van der Waals surface area contributed by atoms with E-state index in [4.69, 9.17) is 5.73 Å². The third kappa shape index (κ3) is 1.47. The highest BCUT2D eigenvalue weighted by Gasteiger charge is 2.36. The zero-order chi connectivity index (χ0) is 9.35. The lowest BCUT2D eigenvalue weighted by molar-refractivity contribution is -0.524. The molecule has 0 saturated carbocycles. The highest BCUT2D eigenvalue weighted by molar-refractivity contribution is 5.26. The van der Waals surface area contributed by atoms with Gasteiger partial charge in [-0.1, -0.05) is 6.08 Å². The number of allylic oxidation sites excluding steroid dienone is 1. The fourth-order valence-corrected chi connectivity index (χ4v) is 1.19. The van der Waals surface area contributed by atoms with Crippen LogP contribution in [0, 0.1) is 15.5 Å². The second kappa shape index (κ2) is 2.62. The SMILES string of the molecule is CC1(C)C=CC(N)=CC1[N+](=O)[O-]. The molecule has 1 rings (SSSR count). The van der Waals surface area contributed by atoms with Crippen LogP contribution in [0.2, 0.25) is 0 Å². The van der Waals surface area contributed by atoms with Gasteiger partial charge in [0.25, 0.3) is 0 Å². The summed E-state index contributed by atoms with van der Waals surface area (Å²) >= 11 is 0. The first-order valence-electron chi connectivity index (χ1n) is 3.73. The number of hydrogen-bond donors (Lipinski definition) is 1. The average Bonchev–Trinajstić information content (AvgIpc) is 1.94. The number of nitrogens with zero attached hydrogens (tertiary/aromatic N) is 1. The average molecular weight is 168 g/mol. The van der Waals surface area contributed by atoms with Crippen molar-refractivity contribution in [3.8, 4) is 0 Å². The van der Waals surface area contributed by atoms with Gasteiger partial charge in [-0.05, 0) is 19.9 Å². The molecule has 0 aliphatic heterocycles. The zero-order valence-electron chi connectivity index (χ0n) is 7.15. The highest BCUT2D eigenvalue weighted by atomic mass is 16.6. The number of nitro groups is 1. The summed E-state index contributed by atoms with van der Waals surface area (Å²) in [5.41, 5.74) is 5.48. The lowest BCUT2D eigenvalue weighted by Crippen LogP contribution is -2.35. The monoisotopic (exact) mass is 168 g/mol. The third-order valence-corrected chi connectivity index (χ3v) is 2.05. The van der Waals surface area contributed by atoms with E-state index < -0.39 is 11.5 Å². The summed E-state index contributed by atoms with van der Waals surface area (Å²) in [7, 11) is 0. The molecule has 1 atom stereocenters. The van der Waals surface area contributed by atoms with Crippen molar-refractivity contribution in [2.24, 2.45) is 11.1 Å². The standard InChI is InChI=1S/C8H12N2O2/c1-8(2)4-3-6(9)5-7(8)10(11)12/h3-5,7H,9H2,1-2H3. The van der Waals surface area contributed by atoms with E-state index in [1.54, 1.807) is 12.2 Å². The molecule has 0 saturated heterocycles. The largest absolute Gasteiger partial charge is 0.399 e. The van der Waals surface area contributed by atoms with Gasteiger partial charge >= 0.3 is 0 Å². The van der Waals surface area contributed by atoms with E-state index in [0.717, 1.165) is 0 Å². The number of rotatable bonds is 1. The molecule has 1 unspecified atom stereocenters. The summed E-state index contributed by atoms with van der Waals surface area (Å²) in [5.74, 6) is 0. The Morgan fingerprint density at radius 3 is 2.67 bits per heavy atom. The first-order chi connectivity index (χ1) is 5.43. The van der Waals surface area contributed by atoms with Crippen molar-refractivity contribution >= 4 is 0 Å². The van der Waals surface area contributed by atoms with Gasteiger partial charge in [-0.3, -0.25) is 10.1 Å². The van der Waals surface area contributed by atoms with Gasteiger partial charge in [0.2, 0.25) is 6.04 Å². The van der Waals surface area contributed by atoms with Crippen molar-refractivity contribution < 1.29 is 4.92 Å². The first kappa shape index (κ1) is 8.77. The predicted octanol–water partition coefficient (Wildman–Crippen LogP) is 1.07. The molecule has 66 valence electrons. The van der Waals surface area contributed by atoms with Crippen molar-refractivity contribution in [2.75, 3.05) is 0 Å². The van der Waals surface area contributed by atoms with E-state index in [-0.39, 0.29) is 4.92 Å². The highest BCUT2D eigenvalue weighted by Crippen LogP contribution is 2.29. The maximum absolute atomic E-state index is 10.6. The minimum absolute atomic E-state index is 0.309. The van der Waals surface area contributed by atoms with Gasteiger partial charge in [-0.15, -0.1) is 0 Å². The van der Waals surface area contributed by atoms with Gasteiger partial charge in [-0.2, -0.15) is 0 Å². The fourth-order valence-electron chi connectivity index (χ4n) is 1.19. The van der Waals surface area contributed by atoms with Crippen molar-refractivity contribution in [2.45, 2.75) is 19.9 Å². The zero-order valence-corrected chi connectivity index (χ0v) is 7.15. The molecular weight excluding hydrogens is 156 g/mol. The minimum atomic E-state index is -0.706. The van der Waals surface area contributed by atoms with Crippen LogP contribution in [-0.4, -0.2) is 11.0 Å². The van der Waals surface area contributed by atoms with Crippen molar-refractivity contribution in [3.63, 3.8) is 0 Å². The Balaban J connectivity index is 2.98. The lowest BCUT2D eigenvalue weighted by Gasteiger charge is -2.25. The Kier molecular flexibility index (Phi) is 1.92. The second-order valence-electron chi connectivity index (χ2n) is 3.55. The molecule has 0 spiro atoms. The molecule has 2 N–H and O–H groups in total. The molecule has 4 nitrogen and oxygen atoms in total. The third-order valence-electron chi connectivity index (χ3n) is 2.05. The molecule has 0 bridgehead atoms. The topological polar surface area (TPSA) is 69.2 Å². The number of nitrogens with two attached hydrogens (primary N) is 1. The lowest BCUT2D eigenvalue weighted by atomic mass is 9.81. The molecule has 1 aliphatic rings. The smallest absolute Gasteiger partial charge is 0.241 e. The van der Waals surface area contributed by atoms with Gasteiger partial charge in [0.05, 0.1) is 5.41 Å². The molecule has 4 heteroatoms. The molecule has 0 aromatic rings. The summed E-state index contributed by atoms with van der Waals surface area (Å²) in [6.07, 6.45) is 4.97. The summed E-state index contributed by atoms with van der Waals surface area (Å²) in [5, 5.41) is 10.6. The van der Waals surface area contributed by atoms with E-state index in [1.807, 2.05) is 13.8 Å². The van der Waals surface area contributed by atoms with E-state index in [0.29, 0.717) is 5.70 Å². The van der Waals surface area contributed by atoms with Crippen LogP contribution in [0.25, 0.3) is 0 Å². The second-order valence-corrected chi connectivity index (χ2v) is 3.55. The first-order valence-corrected chi connectivity index (χ1v) is 3.73. The van der Waals surface area contributed by atoms with E-state index in [9.17, 15) is 10.1 Å². The van der Waals surface area contributed by atoms with Crippen LogP contribution in [0.15, 0.2) is 23.9 Å². The Hall–Kier alpha value is -1.32. The van der Waals surface area contributed by atoms with E-state index >= 15 is 0 Å². The maximum atomic E-state index is 10.6. The number of hydrogen-bond acceptors (Lipinski definition) is 3. The molecular formula is C8H12N2O2. The summed E-state index contributed by atoms with van der Waals surface area (Å²) in [4.78, 5) is 10.3. The van der Waals surface area contributed by atoms with Crippen LogP contribution in [0.4, 0.5) is 0 Å². The molecule has 0 aromatic heterocycles. The summed E-state index contributed by atoms with van der Waals surface area (Å²) in [6, 6.07) is -0.706. The quantitative estimate of drug-likeness (QED) is 0.470. The Labute approximate surface area is 70.9 Å². The Morgan fingerprint density at radius 2 is 2.25 bits per heavy atom. The van der Waals surface area contributed by atoms with Gasteiger partial charge in [0, 0.05) is 16.7 Å². The molecule has 1 aliphatic carbocycles. The van der Waals surface area contributed by atoms with Crippen LogP contribution in [0.1, 0.15) is 13.8 Å². The fraction of sp³-hybridized carbons (Fsp3) is 0.500. The van der Waals surface area contributed by atoms with Gasteiger partial charge < -0.3 is 5.73 Å². The molecule has 12 heavy (non-hydrogen) atoms. The molecule has 0 amide bonds. The van der Waals surface area contributed by atoms with E-state index in [2.05, 4.69) is 0 Å². The molecule has 0 radical (unpaired) electrons.